The third kappa shape index (κ3) is 5.16. The van der Waals surface area contributed by atoms with Crippen molar-refractivity contribution < 1.29 is 14.6 Å². The maximum absolute atomic E-state index is 12.2. The number of aromatic nitrogens is 1. The molecule has 0 aliphatic carbocycles. The average Bonchev–Trinajstić information content (AvgIpc) is 3.42. The summed E-state index contributed by atoms with van der Waals surface area (Å²) in [6.45, 7) is 8.80. The lowest BCUT2D eigenvalue weighted by molar-refractivity contribution is -0.126. The van der Waals surface area contributed by atoms with E-state index in [2.05, 4.69) is 40.5 Å². The second-order valence-corrected chi connectivity index (χ2v) is 11.1. The molecule has 0 unspecified atom stereocenters. The van der Waals surface area contributed by atoms with Gasteiger partial charge in [0.2, 0.25) is 11.8 Å². The van der Waals surface area contributed by atoms with Crippen LogP contribution in [-0.2, 0) is 17.8 Å². The number of piperazine rings is 1. The number of amides is 1. The van der Waals surface area contributed by atoms with Crippen LogP contribution in [-0.4, -0.2) is 84.8 Å². The third-order valence-corrected chi connectivity index (χ3v) is 8.74. The highest BCUT2D eigenvalue weighted by Crippen LogP contribution is 2.40. The minimum absolute atomic E-state index is 0.0689. The SMILES string of the molecule is C=CC(=O)N1CCN(c2c(C#N)c(OC[C@@H]3CCCN3C)nc3c2CCN(c2cc(O)cc4ccccc24)C3)CC1. The molecule has 9 nitrogen and oxygen atoms in total. The largest absolute Gasteiger partial charge is 0.508 e. The molecule has 6 rings (SSSR count). The van der Waals surface area contributed by atoms with E-state index in [9.17, 15) is 15.2 Å². The third-order valence-electron chi connectivity index (χ3n) is 8.74. The molecule has 41 heavy (non-hydrogen) atoms. The van der Waals surface area contributed by atoms with Gasteiger partial charge >= 0.3 is 0 Å². The van der Waals surface area contributed by atoms with Gasteiger partial charge in [-0.05, 0) is 50.4 Å². The molecular formula is C32H36N6O3. The predicted octanol–water partition coefficient (Wildman–Crippen LogP) is 3.68. The number of fused-ring (bicyclic) bond motifs is 2. The molecule has 1 amide bonds. The maximum Gasteiger partial charge on any atom is 0.246 e. The Labute approximate surface area is 240 Å². The van der Waals surface area contributed by atoms with Gasteiger partial charge in [-0.2, -0.15) is 5.26 Å². The molecule has 0 spiro atoms. The lowest BCUT2D eigenvalue weighted by atomic mass is 9.97. The number of hydrogen-bond acceptors (Lipinski definition) is 8. The van der Waals surface area contributed by atoms with Gasteiger partial charge in [-0.3, -0.25) is 4.79 Å². The van der Waals surface area contributed by atoms with Crippen LogP contribution < -0.4 is 14.5 Å². The second kappa shape index (κ2) is 11.3. The number of hydrogen-bond donors (Lipinski definition) is 1. The number of phenols is 1. The van der Waals surface area contributed by atoms with E-state index >= 15 is 0 Å². The van der Waals surface area contributed by atoms with Crippen LogP contribution >= 0.6 is 0 Å². The number of benzene rings is 2. The number of nitriles is 1. The van der Waals surface area contributed by atoms with Crippen LogP contribution in [0.25, 0.3) is 10.8 Å². The zero-order valence-electron chi connectivity index (χ0n) is 23.6. The van der Waals surface area contributed by atoms with Gasteiger partial charge in [0, 0.05) is 61.5 Å². The van der Waals surface area contributed by atoms with Gasteiger partial charge in [0.05, 0.1) is 17.9 Å². The number of pyridine rings is 1. The van der Waals surface area contributed by atoms with E-state index in [1.54, 1.807) is 11.0 Å². The minimum Gasteiger partial charge on any atom is -0.508 e. The van der Waals surface area contributed by atoms with Crippen LogP contribution in [0, 0.1) is 11.3 Å². The summed E-state index contributed by atoms with van der Waals surface area (Å²) in [4.78, 5) is 25.8. The first-order valence-corrected chi connectivity index (χ1v) is 14.4. The van der Waals surface area contributed by atoms with Gasteiger partial charge < -0.3 is 29.4 Å². The molecule has 0 bridgehead atoms. The van der Waals surface area contributed by atoms with Crippen molar-refractivity contribution in [3.63, 3.8) is 0 Å². The topological polar surface area (TPSA) is 96.2 Å². The Balaban J connectivity index is 1.38. The number of carbonyl (C=O) groups is 1. The summed E-state index contributed by atoms with van der Waals surface area (Å²) in [6, 6.07) is 14.4. The molecule has 1 N–H and O–H groups in total. The fourth-order valence-corrected chi connectivity index (χ4v) is 6.48. The maximum atomic E-state index is 12.2. The van der Waals surface area contributed by atoms with Crippen LogP contribution in [0.15, 0.2) is 49.1 Å². The van der Waals surface area contributed by atoms with E-state index < -0.39 is 0 Å². The summed E-state index contributed by atoms with van der Waals surface area (Å²) in [6.07, 6.45) is 4.26. The van der Waals surface area contributed by atoms with Crippen LogP contribution in [0.3, 0.4) is 0 Å². The minimum atomic E-state index is -0.0689. The predicted molar refractivity (Wildman–Crippen MR) is 159 cm³/mol. The summed E-state index contributed by atoms with van der Waals surface area (Å²) in [5.74, 6) is 0.545. The van der Waals surface area contributed by atoms with Crippen LogP contribution in [0.1, 0.15) is 29.7 Å². The number of nitrogens with zero attached hydrogens (tertiary/aromatic N) is 6. The average molecular weight is 553 g/mol. The molecule has 3 aliphatic heterocycles. The summed E-state index contributed by atoms with van der Waals surface area (Å²) < 4.78 is 6.35. The first-order chi connectivity index (χ1) is 20.0. The lowest BCUT2D eigenvalue weighted by Crippen LogP contribution is -2.49. The van der Waals surface area contributed by atoms with Gasteiger partial charge in [0.25, 0.3) is 0 Å². The monoisotopic (exact) mass is 552 g/mol. The molecule has 3 aromatic rings. The smallest absolute Gasteiger partial charge is 0.246 e. The number of rotatable bonds is 6. The summed E-state index contributed by atoms with van der Waals surface area (Å²) in [5, 5.41) is 23.0. The summed E-state index contributed by atoms with van der Waals surface area (Å²) >= 11 is 0. The second-order valence-electron chi connectivity index (χ2n) is 11.1. The van der Waals surface area contributed by atoms with E-state index in [0.29, 0.717) is 63.2 Å². The Morgan fingerprint density at radius 2 is 1.98 bits per heavy atom. The summed E-state index contributed by atoms with van der Waals surface area (Å²) in [5.41, 5.74) is 4.28. The van der Waals surface area contributed by atoms with Crippen molar-refractivity contribution in [3.8, 4) is 17.7 Å². The number of ether oxygens (including phenoxy) is 1. The van der Waals surface area contributed by atoms with Crippen molar-refractivity contribution in [1.29, 1.82) is 5.26 Å². The van der Waals surface area contributed by atoms with Crippen molar-refractivity contribution in [2.24, 2.45) is 0 Å². The Morgan fingerprint density at radius 1 is 1.17 bits per heavy atom. The normalized spacial score (nSPS) is 19.2. The molecule has 2 aromatic carbocycles. The van der Waals surface area contributed by atoms with Crippen LogP contribution in [0.4, 0.5) is 11.4 Å². The molecule has 2 saturated heterocycles. The van der Waals surface area contributed by atoms with Crippen molar-refractivity contribution in [2.45, 2.75) is 31.8 Å². The molecule has 2 fully saturated rings. The highest BCUT2D eigenvalue weighted by atomic mass is 16.5. The van der Waals surface area contributed by atoms with Crippen molar-refractivity contribution >= 4 is 28.1 Å². The number of likely N-dealkylation sites (N-methyl/N-ethyl adjacent to an activating group) is 1. The van der Waals surface area contributed by atoms with Gasteiger partial charge in [0.15, 0.2) is 0 Å². The quantitative estimate of drug-likeness (QED) is 0.463. The first kappa shape index (κ1) is 26.9. The number of anilines is 2. The zero-order chi connectivity index (χ0) is 28.5. The number of phenolic OH excluding ortho intramolecular Hbond substituents is 1. The van der Waals surface area contributed by atoms with E-state index in [4.69, 9.17) is 9.72 Å². The Bertz CT molecular complexity index is 1520. The number of carbonyl (C=O) groups excluding carboxylic acids is 1. The molecule has 9 heteroatoms. The zero-order valence-corrected chi connectivity index (χ0v) is 23.6. The van der Waals surface area contributed by atoms with Crippen molar-refractivity contribution in [3.05, 3.63) is 65.9 Å². The molecule has 4 heterocycles. The van der Waals surface area contributed by atoms with E-state index in [1.165, 1.54) is 6.08 Å². The van der Waals surface area contributed by atoms with E-state index in [0.717, 1.165) is 59.3 Å². The van der Waals surface area contributed by atoms with Gasteiger partial charge in [-0.15, -0.1) is 0 Å². The lowest BCUT2D eigenvalue weighted by Gasteiger charge is -2.39. The molecule has 0 radical (unpaired) electrons. The van der Waals surface area contributed by atoms with Gasteiger partial charge in [-0.1, -0.05) is 30.8 Å². The molecular weight excluding hydrogens is 516 g/mol. The Hall–Kier alpha value is -4.29. The van der Waals surface area contributed by atoms with Crippen molar-refractivity contribution in [1.82, 2.24) is 14.8 Å². The molecule has 3 aliphatic rings. The fraction of sp³-hybridized carbons (Fsp3) is 0.406. The highest BCUT2D eigenvalue weighted by Gasteiger charge is 2.32. The van der Waals surface area contributed by atoms with Crippen LogP contribution in [0.2, 0.25) is 0 Å². The number of likely N-dealkylation sites (tertiary alicyclic amines) is 1. The number of aromatic hydroxyl groups is 1. The molecule has 1 aromatic heterocycles. The first-order valence-electron chi connectivity index (χ1n) is 14.4. The van der Waals surface area contributed by atoms with Crippen LogP contribution in [0.5, 0.6) is 11.6 Å². The Kier molecular flexibility index (Phi) is 7.41. The fourth-order valence-electron chi connectivity index (χ4n) is 6.48. The molecule has 0 saturated carbocycles. The summed E-state index contributed by atoms with van der Waals surface area (Å²) in [7, 11) is 2.11. The van der Waals surface area contributed by atoms with E-state index in [1.807, 2.05) is 24.3 Å². The van der Waals surface area contributed by atoms with Gasteiger partial charge in [-0.25, -0.2) is 4.98 Å². The molecule has 1 atom stereocenters. The van der Waals surface area contributed by atoms with E-state index in [-0.39, 0.29) is 11.7 Å². The Morgan fingerprint density at radius 3 is 2.71 bits per heavy atom. The molecule has 212 valence electrons. The standard InChI is InChI=1S/C32H36N6O3/c1-3-30(40)36-13-15-37(16-14-36)31-26-10-12-38(29-18-24(39)17-22-7-4-5-9-25(22)29)20-28(26)34-32(27(31)19-33)41-21-23-8-6-11-35(23)2/h3-5,7,9,17-18,23,39H,1,6,8,10-16,20-21H2,2H3/t23-/m0/s1. The van der Waals surface area contributed by atoms with Gasteiger partial charge in [0.1, 0.15) is 24.0 Å². The van der Waals surface area contributed by atoms with Crippen molar-refractivity contribution in [2.75, 3.05) is 62.7 Å². The highest BCUT2D eigenvalue weighted by molar-refractivity contribution is 5.95.